The maximum absolute atomic E-state index is 12.8. The summed E-state index contributed by atoms with van der Waals surface area (Å²) < 4.78 is 5.54. The van der Waals surface area contributed by atoms with Crippen LogP contribution in [0.25, 0.3) is 0 Å². The Morgan fingerprint density at radius 3 is 2.69 bits per heavy atom. The minimum absolute atomic E-state index is 0.0243. The zero-order valence-corrected chi connectivity index (χ0v) is 16.6. The van der Waals surface area contributed by atoms with Crippen LogP contribution in [0.4, 0.5) is 0 Å². The molecular weight excluding hydrogens is 346 g/mol. The summed E-state index contributed by atoms with van der Waals surface area (Å²) in [6, 6.07) is 9.77. The van der Waals surface area contributed by atoms with Gasteiger partial charge in [0.25, 0.3) is 0 Å². The molecule has 0 aromatic heterocycles. The smallest absolute Gasteiger partial charge is 0.356 e. The van der Waals surface area contributed by atoms with Gasteiger partial charge in [-0.2, -0.15) is 0 Å². The second-order valence-electron chi connectivity index (χ2n) is 7.29. The summed E-state index contributed by atoms with van der Waals surface area (Å²) >= 11 is 1.71. The van der Waals surface area contributed by atoms with Crippen molar-refractivity contribution in [1.82, 2.24) is 4.90 Å². The Morgan fingerprint density at radius 2 is 2.04 bits per heavy atom. The monoisotopic (exact) mass is 373 g/mol. The van der Waals surface area contributed by atoms with E-state index in [4.69, 9.17) is 4.74 Å². The fourth-order valence-corrected chi connectivity index (χ4v) is 4.97. The van der Waals surface area contributed by atoms with E-state index in [1.807, 2.05) is 30.3 Å². The molecule has 0 spiro atoms. The predicted molar refractivity (Wildman–Crippen MR) is 104 cm³/mol. The number of hydrogen-bond acceptors (Lipinski definition) is 4. The molecule has 2 aliphatic heterocycles. The number of carbonyl (C=O) groups excluding carboxylic acids is 2. The van der Waals surface area contributed by atoms with Gasteiger partial charge in [0.05, 0.1) is 12.0 Å². The van der Waals surface area contributed by atoms with Crippen molar-refractivity contribution in [1.29, 1.82) is 0 Å². The molecule has 1 aromatic carbocycles. The van der Waals surface area contributed by atoms with E-state index < -0.39 is 0 Å². The van der Waals surface area contributed by atoms with Crippen LogP contribution in [0, 0.1) is 11.8 Å². The number of esters is 1. The van der Waals surface area contributed by atoms with E-state index in [0.717, 1.165) is 35.5 Å². The van der Waals surface area contributed by atoms with Gasteiger partial charge < -0.3 is 9.64 Å². The van der Waals surface area contributed by atoms with Gasteiger partial charge in [-0.1, -0.05) is 57.5 Å². The van der Waals surface area contributed by atoms with Crippen LogP contribution in [0.15, 0.2) is 40.9 Å². The Bertz CT molecular complexity index is 698. The average molecular weight is 374 g/mol. The summed E-state index contributed by atoms with van der Waals surface area (Å²) in [6.45, 7) is 6.55. The van der Waals surface area contributed by atoms with Gasteiger partial charge in [-0.25, -0.2) is 4.79 Å². The highest BCUT2D eigenvalue weighted by molar-refractivity contribution is 8.03. The van der Waals surface area contributed by atoms with Crippen LogP contribution in [0.1, 0.15) is 45.6 Å². The summed E-state index contributed by atoms with van der Waals surface area (Å²) in [5, 5.41) is 0. The van der Waals surface area contributed by atoms with Crippen LogP contribution in [0.2, 0.25) is 0 Å². The van der Waals surface area contributed by atoms with Crippen molar-refractivity contribution in [2.45, 2.75) is 52.7 Å². The van der Waals surface area contributed by atoms with E-state index >= 15 is 0 Å². The van der Waals surface area contributed by atoms with Gasteiger partial charge >= 0.3 is 5.97 Å². The highest BCUT2D eigenvalue weighted by atomic mass is 32.2. The number of unbranched alkanes of at least 4 members (excludes halogenated alkanes) is 1. The average Bonchev–Trinajstić information content (AvgIpc) is 2.94. The molecule has 2 heterocycles. The molecule has 2 atom stereocenters. The molecule has 1 saturated heterocycles. The quantitative estimate of drug-likeness (QED) is 0.386. The standard InChI is InChI=1S/C21H27NO3S/c1-4-5-11-26-17-12-16-18(14(2)3)20(23)22(16)19(17)21(24)25-13-15-9-7-6-8-10-15/h6-10,14,16,18H,4-5,11-13H2,1-3H3. The lowest BCUT2D eigenvalue weighted by molar-refractivity contribution is -0.159. The van der Waals surface area contributed by atoms with Crippen molar-refractivity contribution in [3.8, 4) is 0 Å². The second kappa shape index (κ2) is 8.30. The molecule has 2 aliphatic rings. The van der Waals surface area contributed by atoms with Gasteiger partial charge in [-0.15, -0.1) is 11.8 Å². The molecule has 140 valence electrons. The lowest BCUT2D eigenvalue weighted by Crippen LogP contribution is -2.60. The molecule has 1 amide bonds. The number of rotatable bonds is 8. The van der Waals surface area contributed by atoms with Crippen molar-refractivity contribution in [2.24, 2.45) is 11.8 Å². The summed E-state index contributed by atoms with van der Waals surface area (Å²) in [5.41, 5.74) is 1.44. The maximum atomic E-state index is 12.8. The van der Waals surface area contributed by atoms with E-state index in [2.05, 4.69) is 20.8 Å². The first-order valence-corrected chi connectivity index (χ1v) is 10.4. The minimum Gasteiger partial charge on any atom is -0.456 e. The zero-order valence-electron chi connectivity index (χ0n) is 15.7. The van der Waals surface area contributed by atoms with Crippen LogP contribution >= 0.6 is 11.8 Å². The molecule has 4 nitrogen and oxygen atoms in total. The third kappa shape index (κ3) is 3.68. The highest BCUT2D eigenvalue weighted by Crippen LogP contribution is 2.48. The number of nitrogens with zero attached hydrogens (tertiary/aromatic N) is 1. The normalized spacial score (nSPS) is 21.8. The highest BCUT2D eigenvalue weighted by Gasteiger charge is 2.56. The van der Waals surface area contributed by atoms with Crippen molar-refractivity contribution in [2.75, 3.05) is 5.75 Å². The number of hydrogen-bond donors (Lipinski definition) is 0. The zero-order chi connectivity index (χ0) is 18.7. The van der Waals surface area contributed by atoms with Gasteiger partial charge in [0.15, 0.2) is 0 Å². The number of benzene rings is 1. The Morgan fingerprint density at radius 1 is 1.31 bits per heavy atom. The van der Waals surface area contributed by atoms with Crippen molar-refractivity contribution in [3.05, 3.63) is 46.5 Å². The fraction of sp³-hybridized carbons (Fsp3) is 0.524. The van der Waals surface area contributed by atoms with Gasteiger partial charge in [0, 0.05) is 11.3 Å². The lowest BCUT2D eigenvalue weighted by Gasteiger charge is -2.45. The SMILES string of the molecule is CCCCSC1=C(C(=O)OCc2ccccc2)N2C(=O)C(C(C)C)C2C1. The van der Waals surface area contributed by atoms with Gasteiger partial charge in [0.2, 0.25) is 5.91 Å². The Labute approximate surface area is 160 Å². The molecule has 0 N–H and O–H groups in total. The topological polar surface area (TPSA) is 46.6 Å². The molecule has 0 saturated carbocycles. The number of β-lactam (4-membered cyclic amide) rings is 1. The number of thioether (sulfide) groups is 1. The van der Waals surface area contributed by atoms with Crippen LogP contribution in [-0.4, -0.2) is 28.6 Å². The first kappa shape index (κ1) is 19.0. The third-order valence-corrected chi connectivity index (χ3v) is 6.27. The van der Waals surface area contributed by atoms with E-state index in [9.17, 15) is 9.59 Å². The summed E-state index contributed by atoms with van der Waals surface area (Å²) in [6.07, 6.45) is 3.01. The molecule has 2 unspecified atom stereocenters. The van der Waals surface area contributed by atoms with Crippen molar-refractivity contribution in [3.63, 3.8) is 0 Å². The Balaban J connectivity index is 1.74. The molecular formula is C21H27NO3S. The van der Waals surface area contributed by atoms with Gasteiger partial charge in [-0.05, 0) is 23.7 Å². The molecule has 1 fully saturated rings. The number of carbonyl (C=O) groups is 2. The van der Waals surface area contributed by atoms with Crippen LogP contribution in [-0.2, 0) is 20.9 Å². The Kier molecular flexibility index (Phi) is 6.07. The largest absolute Gasteiger partial charge is 0.456 e. The van der Waals surface area contributed by atoms with Crippen LogP contribution < -0.4 is 0 Å². The summed E-state index contributed by atoms with van der Waals surface area (Å²) in [4.78, 5) is 28.1. The van der Waals surface area contributed by atoms with Crippen molar-refractivity contribution < 1.29 is 14.3 Å². The van der Waals surface area contributed by atoms with Crippen molar-refractivity contribution >= 4 is 23.6 Å². The first-order chi connectivity index (χ1) is 12.5. The number of fused-ring (bicyclic) bond motifs is 1. The molecule has 0 bridgehead atoms. The minimum atomic E-state index is -0.370. The van der Waals surface area contributed by atoms with E-state index in [-0.39, 0.29) is 30.4 Å². The second-order valence-corrected chi connectivity index (χ2v) is 8.47. The molecule has 0 radical (unpaired) electrons. The molecule has 5 heteroatoms. The third-order valence-electron chi connectivity index (χ3n) is 5.07. The van der Waals surface area contributed by atoms with Gasteiger partial charge in [-0.3, -0.25) is 4.79 Å². The van der Waals surface area contributed by atoms with E-state index in [1.165, 1.54) is 0 Å². The summed E-state index contributed by atoms with van der Waals surface area (Å²) in [7, 11) is 0. The number of amides is 1. The maximum Gasteiger partial charge on any atom is 0.356 e. The van der Waals surface area contributed by atoms with Crippen LogP contribution in [0.3, 0.4) is 0 Å². The first-order valence-electron chi connectivity index (χ1n) is 9.44. The molecule has 0 aliphatic carbocycles. The summed E-state index contributed by atoms with van der Waals surface area (Å²) in [5.74, 6) is 0.998. The molecule has 26 heavy (non-hydrogen) atoms. The molecule has 1 aromatic rings. The predicted octanol–water partition coefficient (Wildman–Crippen LogP) is 4.36. The number of ether oxygens (including phenoxy) is 1. The van der Waals surface area contributed by atoms with Crippen LogP contribution in [0.5, 0.6) is 0 Å². The fourth-order valence-electron chi connectivity index (χ4n) is 3.68. The lowest BCUT2D eigenvalue weighted by atomic mass is 9.79. The molecule has 3 rings (SSSR count). The Hall–Kier alpha value is -1.75. The van der Waals surface area contributed by atoms with E-state index in [1.54, 1.807) is 16.7 Å². The van der Waals surface area contributed by atoms with E-state index in [0.29, 0.717) is 11.6 Å². The van der Waals surface area contributed by atoms with Gasteiger partial charge in [0.1, 0.15) is 12.3 Å².